The SMILES string of the molecule is Cc1nc(C)n(-c2ccc(N)c3cccnc23)n1. The van der Waals surface area contributed by atoms with Crippen molar-refractivity contribution >= 4 is 16.6 Å². The summed E-state index contributed by atoms with van der Waals surface area (Å²) in [4.78, 5) is 8.71. The minimum absolute atomic E-state index is 0.719. The maximum Gasteiger partial charge on any atom is 0.148 e. The third-order valence-corrected chi connectivity index (χ3v) is 2.89. The number of nitrogens with two attached hydrogens (primary N) is 1. The minimum Gasteiger partial charge on any atom is -0.398 e. The van der Waals surface area contributed by atoms with Crippen molar-refractivity contribution in [2.45, 2.75) is 13.8 Å². The molecule has 0 spiro atoms. The van der Waals surface area contributed by atoms with Gasteiger partial charge < -0.3 is 5.73 Å². The highest BCUT2D eigenvalue weighted by atomic mass is 15.3. The van der Waals surface area contributed by atoms with Gasteiger partial charge in [-0.1, -0.05) is 0 Å². The van der Waals surface area contributed by atoms with Crippen molar-refractivity contribution < 1.29 is 0 Å². The molecule has 0 saturated heterocycles. The normalized spacial score (nSPS) is 11.0. The fourth-order valence-corrected chi connectivity index (χ4v) is 2.10. The van der Waals surface area contributed by atoms with E-state index in [0.717, 1.165) is 33.9 Å². The Labute approximate surface area is 104 Å². The maximum absolute atomic E-state index is 5.96. The van der Waals surface area contributed by atoms with Crippen LogP contribution in [-0.4, -0.2) is 19.7 Å². The van der Waals surface area contributed by atoms with E-state index < -0.39 is 0 Å². The van der Waals surface area contributed by atoms with Crippen LogP contribution in [0.25, 0.3) is 16.6 Å². The van der Waals surface area contributed by atoms with Crippen LogP contribution in [0.3, 0.4) is 0 Å². The summed E-state index contributed by atoms with van der Waals surface area (Å²) >= 11 is 0. The third-order valence-electron chi connectivity index (χ3n) is 2.89. The van der Waals surface area contributed by atoms with Crippen LogP contribution in [-0.2, 0) is 0 Å². The molecule has 1 aromatic carbocycles. The molecule has 2 aromatic heterocycles. The summed E-state index contributed by atoms with van der Waals surface area (Å²) in [5.41, 5.74) is 8.42. The monoisotopic (exact) mass is 239 g/mol. The zero-order chi connectivity index (χ0) is 12.7. The highest BCUT2D eigenvalue weighted by Crippen LogP contribution is 2.25. The zero-order valence-electron chi connectivity index (χ0n) is 10.3. The predicted octanol–water partition coefficient (Wildman–Crippen LogP) is 2.01. The second-order valence-electron chi connectivity index (χ2n) is 4.19. The van der Waals surface area contributed by atoms with E-state index >= 15 is 0 Å². The van der Waals surface area contributed by atoms with E-state index in [9.17, 15) is 0 Å². The lowest BCUT2D eigenvalue weighted by Crippen LogP contribution is -2.02. The Morgan fingerprint density at radius 1 is 1.17 bits per heavy atom. The van der Waals surface area contributed by atoms with Crippen LogP contribution in [0.1, 0.15) is 11.6 Å². The molecule has 0 bridgehead atoms. The average molecular weight is 239 g/mol. The number of aromatic nitrogens is 4. The van der Waals surface area contributed by atoms with E-state index in [-0.39, 0.29) is 0 Å². The Morgan fingerprint density at radius 3 is 2.72 bits per heavy atom. The van der Waals surface area contributed by atoms with Crippen molar-refractivity contribution in [1.82, 2.24) is 19.7 Å². The number of nitrogens with zero attached hydrogens (tertiary/aromatic N) is 4. The fourth-order valence-electron chi connectivity index (χ4n) is 2.10. The second kappa shape index (κ2) is 3.80. The van der Waals surface area contributed by atoms with E-state index in [1.807, 2.05) is 38.1 Å². The number of aryl methyl sites for hydroxylation is 2. The predicted molar refractivity (Wildman–Crippen MR) is 70.5 cm³/mol. The zero-order valence-corrected chi connectivity index (χ0v) is 10.3. The first kappa shape index (κ1) is 10.7. The van der Waals surface area contributed by atoms with Crippen LogP contribution in [0.2, 0.25) is 0 Å². The van der Waals surface area contributed by atoms with Crippen molar-refractivity contribution in [3.63, 3.8) is 0 Å². The van der Waals surface area contributed by atoms with Gasteiger partial charge in [0.1, 0.15) is 11.6 Å². The number of benzene rings is 1. The van der Waals surface area contributed by atoms with Crippen molar-refractivity contribution in [3.05, 3.63) is 42.1 Å². The lowest BCUT2D eigenvalue weighted by molar-refractivity contribution is 0.835. The van der Waals surface area contributed by atoms with Crippen LogP contribution in [0.4, 0.5) is 5.69 Å². The molecule has 5 nitrogen and oxygen atoms in total. The quantitative estimate of drug-likeness (QED) is 0.659. The Kier molecular flexibility index (Phi) is 2.26. The molecule has 3 aromatic rings. The highest BCUT2D eigenvalue weighted by Gasteiger charge is 2.10. The Bertz CT molecular complexity index is 729. The fraction of sp³-hybridized carbons (Fsp3) is 0.154. The van der Waals surface area contributed by atoms with Crippen LogP contribution >= 0.6 is 0 Å². The molecule has 0 aliphatic heterocycles. The molecule has 2 N–H and O–H groups in total. The summed E-state index contributed by atoms with van der Waals surface area (Å²) in [5, 5.41) is 5.32. The standard InChI is InChI=1S/C13H13N5/c1-8-16-9(2)18(17-8)12-6-5-11(14)10-4-3-7-15-13(10)12/h3-7H,14H2,1-2H3. The van der Waals surface area contributed by atoms with E-state index in [1.54, 1.807) is 10.9 Å². The molecular formula is C13H13N5. The molecule has 18 heavy (non-hydrogen) atoms. The van der Waals surface area contributed by atoms with Gasteiger partial charge in [-0.2, -0.15) is 5.10 Å². The molecule has 5 heteroatoms. The van der Waals surface area contributed by atoms with Gasteiger partial charge >= 0.3 is 0 Å². The lowest BCUT2D eigenvalue weighted by atomic mass is 10.1. The van der Waals surface area contributed by atoms with Crippen molar-refractivity contribution in [1.29, 1.82) is 0 Å². The van der Waals surface area contributed by atoms with Gasteiger partial charge in [-0.25, -0.2) is 9.67 Å². The first-order valence-electron chi connectivity index (χ1n) is 5.70. The van der Waals surface area contributed by atoms with E-state index in [4.69, 9.17) is 5.73 Å². The van der Waals surface area contributed by atoms with E-state index in [2.05, 4.69) is 15.1 Å². The van der Waals surface area contributed by atoms with Crippen molar-refractivity contribution in [2.24, 2.45) is 0 Å². The van der Waals surface area contributed by atoms with E-state index in [0.29, 0.717) is 0 Å². The number of nitrogen functional groups attached to an aromatic ring is 1. The molecule has 0 aliphatic carbocycles. The molecule has 0 fully saturated rings. The smallest absolute Gasteiger partial charge is 0.148 e. The van der Waals surface area contributed by atoms with Gasteiger partial charge in [0.05, 0.1) is 11.2 Å². The second-order valence-corrected chi connectivity index (χ2v) is 4.19. The molecular weight excluding hydrogens is 226 g/mol. The molecule has 0 amide bonds. The third kappa shape index (κ3) is 1.52. The Morgan fingerprint density at radius 2 is 2.00 bits per heavy atom. The summed E-state index contributed by atoms with van der Waals surface area (Å²) in [6.45, 7) is 3.79. The van der Waals surface area contributed by atoms with Gasteiger partial charge in [-0.05, 0) is 38.1 Å². The van der Waals surface area contributed by atoms with Gasteiger partial charge in [0.15, 0.2) is 0 Å². The van der Waals surface area contributed by atoms with Crippen LogP contribution in [0.15, 0.2) is 30.5 Å². The van der Waals surface area contributed by atoms with Gasteiger partial charge in [-0.15, -0.1) is 0 Å². The summed E-state index contributed by atoms with van der Waals surface area (Å²) in [6.07, 6.45) is 1.75. The van der Waals surface area contributed by atoms with Gasteiger partial charge in [0.2, 0.25) is 0 Å². The van der Waals surface area contributed by atoms with Crippen LogP contribution in [0.5, 0.6) is 0 Å². The number of hydrogen-bond donors (Lipinski definition) is 1. The lowest BCUT2D eigenvalue weighted by Gasteiger charge is -2.08. The average Bonchev–Trinajstić information content (AvgIpc) is 2.69. The summed E-state index contributed by atoms with van der Waals surface area (Å²) in [7, 11) is 0. The number of pyridine rings is 1. The Balaban J connectivity index is 2.37. The molecule has 90 valence electrons. The first-order valence-corrected chi connectivity index (χ1v) is 5.70. The highest BCUT2D eigenvalue weighted by molar-refractivity contribution is 5.95. The maximum atomic E-state index is 5.96. The molecule has 0 saturated carbocycles. The summed E-state index contributed by atoms with van der Waals surface area (Å²) < 4.78 is 1.80. The van der Waals surface area contributed by atoms with Crippen molar-refractivity contribution in [3.8, 4) is 5.69 Å². The molecule has 0 atom stereocenters. The number of hydrogen-bond acceptors (Lipinski definition) is 4. The summed E-state index contributed by atoms with van der Waals surface area (Å²) in [5.74, 6) is 1.58. The molecule has 0 aliphatic rings. The number of rotatable bonds is 1. The molecule has 0 unspecified atom stereocenters. The Hall–Kier alpha value is -2.43. The molecule has 2 heterocycles. The minimum atomic E-state index is 0.719. The van der Waals surface area contributed by atoms with Gasteiger partial charge in [-0.3, -0.25) is 4.98 Å². The van der Waals surface area contributed by atoms with Crippen LogP contribution in [0, 0.1) is 13.8 Å². The number of anilines is 1. The van der Waals surface area contributed by atoms with E-state index in [1.165, 1.54) is 0 Å². The summed E-state index contributed by atoms with van der Waals surface area (Å²) in [6, 6.07) is 7.63. The van der Waals surface area contributed by atoms with Crippen LogP contribution < -0.4 is 5.73 Å². The number of fused-ring (bicyclic) bond motifs is 1. The largest absolute Gasteiger partial charge is 0.398 e. The molecule has 3 rings (SSSR count). The van der Waals surface area contributed by atoms with Gasteiger partial charge in [0.25, 0.3) is 0 Å². The molecule has 0 radical (unpaired) electrons. The topological polar surface area (TPSA) is 69.6 Å². The van der Waals surface area contributed by atoms with Crippen molar-refractivity contribution in [2.75, 3.05) is 5.73 Å². The first-order chi connectivity index (χ1) is 8.66. The van der Waals surface area contributed by atoms with Gasteiger partial charge in [0, 0.05) is 17.3 Å².